The van der Waals surface area contributed by atoms with Gasteiger partial charge >= 0.3 is 0 Å². The summed E-state index contributed by atoms with van der Waals surface area (Å²) in [4.78, 5) is 2.44. The van der Waals surface area contributed by atoms with Crippen LogP contribution in [-0.4, -0.2) is 56.5 Å². The Morgan fingerprint density at radius 2 is 1.90 bits per heavy atom. The normalized spacial score (nSPS) is 16.3. The third-order valence-electron chi connectivity index (χ3n) is 4.04. The number of aromatic nitrogens is 1. The quantitative estimate of drug-likeness (QED) is 0.844. The van der Waals surface area contributed by atoms with Crippen LogP contribution in [-0.2, 0) is 11.3 Å². The number of fused-ring (bicyclic) bond motifs is 1. The van der Waals surface area contributed by atoms with Crippen molar-refractivity contribution in [3.8, 4) is 11.5 Å². The number of nitrogens with zero attached hydrogens (tertiary/aromatic N) is 2. The summed E-state index contributed by atoms with van der Waals surface area (Å²) in [5, 5.41) is 1.13. The highest BCUT2D eigenvalue weighted by molar-refractivity contribution is 5.88. The van der Waals surface area contributed by atoms with Gasteiger partial charge in [-0.25, -0.2) is 0 Å². The van der Waals surface area contributed by atoms with E-state index in [9.17, 15) is 0 Å². The van der Waals surface area contributed by atoms with Crippen LogP contribution in [0, 0.1) is 0 Å². The Morgan fingerprint density at radius 3 is 2.62 bits per heavy atom. The molecule has 0 radical (unpaired) electrons. The fourth-order valence-corrected chi connectivity index (χ4v) is 2.79. The van der Waals surface area contributed by atoms with Gasteiger partial charge in [-0.2, -0.15) is 0 Å². The number of ether oxygens (including phenoxy) is 3. The van der Waals surface area contributed by atoms with Gasteiger partial charge in [-0.15, -0.1) is 0 Å². The Morgan fingerprint density at radius 1 is 1.10 bits per heavy atom. The Labute approximate surface area is 125 Å². The highest BCUT2D eigenvalue weighted by Crippen LogP contribution is 2.31. The smallest absolute Gasteiger partial charge is 0.131 e. The van der Waals surface area contributed by atoms with E-state index in [1.54, 1.807) is 14.2 Å². The summed E-state index contributed by atoms with van der Waals surface area (Å²) in [6.45, 7) is 5.71. The van der Waals surface area contributed by atoms with Crippen molar-refractivity contribution < 1.29 is 14.2 Å². The standard InChI is InChI=1S/C16H22N2O3/c1-19-13-11-15-14(16(12-13)20-2)3-4-18(15)6-5-17-7-9-21-10-8-17/h3-4,11-12H,5-10H2,1-2H3. The predicted octanol–water partition coefficient (Wildman–Crippen LogP) is 1.99. The van der Waals surface area contributed by atoms with E-state index in [-0.39, 0.29) is 0 Å². The first-order valence-corrected chi connectivity index (χ1v) is 7.33. The molecule has 0 unspecified atom stereocenters. The van der Waals surface area contributed by atoms with Crippen LogP contribution in [0.4, 0.5) is 0 Å². The Hall–Kier alpha value is -1.72. The molecule has 1 aliphatic rings. The van der Waals surface area contributed by atoms with E-state index in [0.29, 0.717) is 0 Å². The Bertz CT molecular complexity index is 603. The molecule has 114 valence electrons. The van der Waals surface area contributed by atoms with Crippen LogP contribution >= 0.6 is 0 Å². The molecule has 0 aliphatic carbocycles. The third-order valence-corrected chi connectivity index (χ3v) is 4.04. The van der Waals surface area contributed by atoms with Crippen molar-refractivity contribution in [2.45, 2.75) is 6.54 Å². The number of hydrogen-bond acceptors (Lipinski definition) is 4. The van der Waals surface area contributed by atoms with Crippen LogP contribution < -0.4 is 9.47 Å². The molecule has 0 atom stereocenters. The lowest BCUT2D eigenvalue weighted by atomic mass is 10.2. The highest BCUT2D eigenvalue weighted by atomic mass is 16.5. The van der Waals surface area contributed by atoms with Gasteiger partial charge in [-0.1, -0.05) is 0 Å². The van der Waals surface area contributed by atoms with Crippen molar-refractivity contribution in [1.82, 2.24) is 9.47 Å². The van der Waals surface area contributed by atoms with Crippen LogP contribution in [0.1, 0.15) is 0 Å². The van der Waals surface area contributed by atoms with E-state index >= 15 is 0 Å². The molecule has 3 rings (SSSR count). The van der Waals surface area contributed by atoms with Gasteiger partial charge in [0.15, 0.2) is 0 Å². The van der Waals surface area contributed by atoms with Crippen LogP contribution in [0.15, 0.2) is 24.4 Å². The maximum Gasteiger partial charge on any atom is 0.131 e. The summed E-state index contributed by atoms with van der Waals surface area (Å²) in [5.74, 6) is 1.68. The molecule has 2 heterocycles. The maximum absolute atomic E-state index is 5.46. The highest BCUT2D eigenvalue weighted by Gasteiger charge is 2.12. The minimum absolute atomic E-state index is 0.825. The lowest BCUT2D eigenvalue weighted by molar-refractivity contribution is 0.0365. The molecule has 1 aromatic heterocycles. The molecule has 0 bridgehead atoms. The van der Waals surface area contributed by atoms with Crippen molar-refractivity contribution in [3.05, 3.63) is 24.4 Å². The molecule has 1 fully saturated rings. The lowest BCUT2D eigenvalue weighted by Gasteiger charge is -2.26. The number of methoxy groups -OCH3 is 2. The summed E-state index contributed by atoms with van der Waals surface area (Å²) in [6, 6.07) is 6.10. The average Bonchev–Trinajstić information content (AvgIpc) is 2.96. The second-order valence-electron chi connectivity index (χ2n) is 5.23. The van der Waals surface area contributed by atoms with E-state index < -0.39 is 0 Å². The molecular formula is C16H22N2O3. The molecule has 5 nitrogen and oxygen atoms in total. The number of hydrogen-bond donors (Lipinski definition) is 0. The number of morpholine rings is 1. The third kappa shape index (κ3) is 2.99. The Kier molecular flexibility index (Phi) is 4.31. The molecule has 21 heavy (non-hydrogen) atoms. The van der Waals surface area contributed by atoms with Crippen molar-refractivity contribution in [3.63, 3.8) is 0 Å². The van der Waals surface area contributed by atoms with Crippen LogP contribution in [0.3, 0.4) is 0 Å². The van der Waals surface area contributed by atoms with E-state index in [0.717, 1.165) is 61.8 Å². The van der Waals surface area contributed by atoms with Crippen molar-refractivity contribution in [1.29, 1.82) is 0 Å². The first-order valence-electron chi connectivity index (χ1n) is 7.33. The second kappa shape index (κ2) is 6.37. The molecule has 1 saturated heterocycles. The summed E-state index contributed by atoms with van der Waals surface area (Å²) in [6.07, 6.45) is 2.12. The fraction of sp³-hybridized carbons (Fsp3) is 0.500. The first kappa shape index (κ1) is 14.2. The molecule has 0 N–H and O–H groups in total. The SMILES string of the molecule is COc1cc(OC)c2ccn(CCN3CCOCC3)c2c1. The van der Waals surface area contributed by atoms with Gasteiger partial charge in [0.05, 0.1) is 33.0 Å². The number of benzene rings is 1. The zero-order chi connectivity index (χ0) is 14.7. The second-order valence-corrected chi connectivity index (χ2v) is 5.23. The summed E-state index contributed by atoms with van der Waals surface area (Å²) in [7, 11) is 3.38. The van der Waals surface area contributed by atoms with Crippen molar-refractivity contribution in [2.75, 3.05) is 47.1 Å². The van der Waals surface area contributed by atoms with Gasteiger partial charge < -0.3 is 18.8 Å². The summed E-state index contributed by atoms with van der Waals surface area (Å²) in [5.41, 5.74) is 1.15. The van der Waals surface area contributed by atoms with Crippen molar-refractivity contribution >= 4 is 10.9 Å². The van der Waals surface area contributed by atoms with Gasteiger partial charge in [0, 0.05) is 49.9 Å². The summed E-state index contributed by atoms with van der Waals surface area (Å²) >= 11 is 0. The molecule has 2 aromatic rings. The zero-order valence-electron chi connectivity index (χ0n) is 12.7. The summed E-state index contributed by atoms with van der Waals surface area (Å²) < 4.78 is 18.5. The molecule has 1 aliphatic heterocycles. The Balaban J connectivity index is 1.81. The van der Waals surface area contributed by atoms with Crippen LogP contribution in [0.2, 0.25) is 0 Å². The number of rotatable bonds is 5. The monoisotopic (exact) mass is 290 g/mol. The average molecular weight is 290 g/mol. The van der Waals surface area contributed by atoms with Gasteiger partial charge in [0.1, 0.15) is 11.5 Å². The lowest BCUT2D eigenvalue weighted by Crippen LogP contribution is -2.38. The van der Waals surface area contributed by atoms with Gasteiger partial charge in [-0.3, -0.25) is 4.90 Å². The minimum atomic E-state index is 0.825. The zero-order valence-corrected chi connectivity index (χ0v) is 12.7. The molecule has 1 aromatic carbocycles. The predicted molar refractivity (Wildman–Crippen MR) is 82.3 cm³/mol. The van der Waals surface area contributed by atoms with E-state index in [4.69, 9.17) is 14.2 Å². The molecule has 0 spiro atoms. The molecule has 5 heteroatoms. The van der Waals surface area contributed by atoms with Crippen LogP contribution in [0.25, 0.3) is 10.9 Å². The largest absolute Gasteiger partial charge is 0.497 e. The molecule has 0 amide bonds. The molecular weight excluding hydrogens is 268 g/mol. The van der Waals surface area contributed by atoms with E-state index in [1.165, 1.54) is 0 Å². The minimum Gasteiger partial charge on any atom is -0.497 e. The maximum atomic E-state index is 5.46. The topological polar surface area (TPSA) is 35.9 Å². The van der Waals surface area contributed by atoms with Crippen molar-refractivity contribution in [2.24, 2.45) is 0 Å². The van der Waals surface area contributed by atoms with E-state index in [1.807, 2.05) is 6.07 Å². The first-order chi connectivity index (χ1) is 10.3. The fourth-order valence-electron chi connectivity index (χ4n) is 2.79. The molecule has 0 saturated carbocycles. The van der Waals surface area contributed by atoms with Gasteiger partial charge in [0.25, 0.3) is 0 Å². The van der Waals surface area contributed by atoms with Gasteiger partial charge in [-0.05, 0) is 6.07 Å². The van der Waals surface area contributed by atoms with Gasteiger partial charge in [0.2, 0.25) is 0 Å². The van der Waals surface area contributed by atoms with Crippen LogP contribution in [0.5, 0.6) is 11.5 Å². The van der Waals surface area contributed by atoms with E-state index in [2.05, 4.69) is 27.8 Å².